The molecule has 0 aromatic rings. The van der Waals surface area contributed by atoms with Crippen LogP contribution in [0.5, 0.6) is 0 Å². The second-order valence-corrected chi connectivity index (χ2v) is 6.09. The first-order valence-corrected chi connectivity index (χ1v) is 7.60. The summed E-state index contributed by atoms with van der Waals surface area (Å²) in [6, 6.07) is -1.15. The van der Waals surface area contributed by atoms with Gasteiger partial charge in [-0.1, -0.05) is 0 Å². The van der Waals surface area contributed by atoms with Crippen LogP contribution in [0.3, 0.4) is 0 Å². The van der Waals surface area contributed by atoms with Crippen molar-refractivity contribution >= 4 is 0 Å². The summed E-state index contributed by atoms with van der Waals surface area (Å²) < 4.78 is 15.8. The van der Waals surface area contributed by atoms with Gasteiger partial charge >= 0.3 is 0 Å². The molecule has 0 spiro atoms. The summed E-state index contributed by atoms with van der Waals surface area (Å²) in [6.07, 6.45) is -14.0. The zero-order chi connectivity index (χ0) is 18.2. The molecule has 24 heavy (non-hydrogen) atoms. The quantitative estimate of drug-likeness (QED) is 0.240. The van der Waals surface area contributed by atoms with E-state index in [9.17, 15) is 30.6 Å². The molecule has 0 aromatic carbocycles. The van der Waals surface area contributed by atoms with Crippen molar-refractivity contribution in [1.82, 2.24) is 0 Å². The Morgan fingerprint density at radius 3 is 2.12 bits per heavy atom. The third kappa shape index (κ3) is 3.71. The molecule has 0 amide bonds. The lowest BCUT2D eigenvalue weighted by molar-refractivity contribution is -0.325. The first-order valence-electron chi connectivity index (χ1n) is 7.60. The summed E-state index contributed by atoms with van der Waals surface area (Å²) in [7, 11) is 0. The largest absolute Gasteiger partial charge is 0.394 e. The van der Waals surface area contributed by atoms with Crippen LogP contribution in [0.25, 0.3) is 0 Å². The van der Waals surface area contributed by atoms with Crippen molar-refractivity contribution in [2.45, 2.75) is 74.4 Å². The van der Waals surface area contributed by atoms with E-state index in [1.54, 1.807) is 0 Å². The fraction of sp³-hybridized carbons (Fsp3) is 1.00. The number of nitrogens with two attached hydrogens (primary N) is 1. The molecule has 2 aliphatic heterocycles. The number of aliphatic hydroxyl groups is 7. The first kappa shape index (κ1) is 19.9. The van der Waals surface area contributed by atoms with Crippen molar-refractivity contribution in [3.63, 3.8) is 0 Å². The van der Waals surface area contributed by atoms with Gasteiger partial charge < -0.3 is 55.7 Å². The minimum Gasteiger partial charge on any atom is -0.394 e. The van der Waals surface area contributed by atoms with E-state index in [-0.39, 0.29) is 0 Å². The molecule has 0 saturated carbocycles. The average Bonchev–Trinajstić information content (AvgIpc) is 2.56. The van der Waals surface area contributed by atoms with Gasteiger partial charge in [0.15, 0.2) is 12.6 Å². The van der Waals surface area contributed by atoms with Crippen LogP contribution < -0.4 is 5.73 Å². The molecule has 11 nitrogen and oxygen atoms in total. The molecule has 0 aromatic heterocycles. The Morgan fingerprint density at radius 2 is 1.54 bits per heavy atom. The summed E-state index contributed by atoms with van der Waals surface area (Å²) in [4.78, 5) is 0. The van der Waals surface area contributed by atoms with Crippen LogP contribution in [0.2, 0.25) is 0 Å². The standard InChI is InChI=1S/C13H25NO10/c1-3(11-9(19)8(18)10(20)12(21)24-11)22-13-5(14)7(17)6(16)4(2-15)23-13/h3-13,15-21H,2,14H2,1H3/t3?,4-,5-,6-,7-,8+,9-,10-,11-,12+,13-/m1/s1. The van der Waals surface area contributed by atoms with Crippen LogP contribution >= 0.6 is 0 Å². The number of aliphatic hydroxyl groups excluding tert-OH is 7. The molecule has 0 aliphatic carbocycles. The van der Waals surface area contributed by atoms with Crippen molar-refractivity contribution in [1.29, 1.82) is 0 Å². The first-order chi connectivity index (χ1) is 11.2. The molecular weight excluding hydrogens is 330 g/mol. The zero-order valence-electron chi connectivity index (χ0n) is 13.0. The summed E-state index contributed by atoms with van der Waals surface area (Å²) in [5, 5.41) is 67.4. The van der Waals surface area contributed by atoms with Gasteiger partial charge in [-0.25, -0.2) is 0 Å². The Morgan fingerprint density at radius 1 is 0.917 bits per heavy atom. The highest BCUT2D eigenvalue weighted by molar-refractivity contribution is 4.94. The lowest BCUT2D eigenvalue weighted by Gasteiger charge is -2.44. The van der Waals surface area contributed by atoms with Gasteiger partial charge in [-0.05, 0) is 6.92 Å². The van der Waals surface area contributed by atoms with Crippen LogP contribution in [0.15, 0.2) is 0 Å². The van der Waals surface area contributed by atoms with E-state index in [1.165, 1.54) is 6.92 Å². The van der Waals surface area contributed by atoms with Gasteiger partial charge in [0.1, 0.15) is 42.7 Å². The van der Waals surface area contributed by atoms with Gasteiger partial charge in [-0.15, -0.1) is 0 Å². The van der Waals surface area contributed by atoms with E-state index in [2.05, 4.69) is 0 Å². The lowest BCUT2D eigenvalue weighted by atomic mass is 9.95. The van der Waals surface area contributed by atoms with E-state index in [1.807, 2.05) is 0 Å². The molecule has 2 rings (SSSR count). The highest BCUT2D eigenvalue weighted by Crippen LogP contribution is 2.27. The monoisotopic (exact) mass is 355 g/mol. The topological polar surface area (TPSA) is 195 Å². The van der Waals surface area contributed by atoms with E-state index < -0.39 is 74.1 Å². The molecule has 2 saturated heterocycles. The predicted molar refractivity (Wildman–Crippen MR) is 75.2 cm³/mol. The fourth-order valence-electron chi connectivity index (χ4n) is 2.79. The average molecular weight is 355 g/mol. The van der Waals surface area contributed by atoms with Crippen molar-refractivity contribution < 1.29 is 50.0 Å². The zero-order valence-corrected chi connectivity index (χ0v) is 13.0. The highest BCUT2D eigenvalue weighted by atomic mass is 16.7. The van der Waals surface area contributed by atoms with Gasteiger partial charge in [0.2, 0.25) is 0 Å². The normalized spacial score (nSPS) is 51.4. The molecule has 11 heteroatoms. The molecule has 9 N–H and O–H groups in total. The van der Waals surface area contributed by atoms with Crippen molar-refractivity contribution in [3.05, 3.63) is 0 Å². The highest BCUT2D eigenvalue weighted by Gasteiger charge is 2.48. The number of ether oxygens (including phenoxy) is 3. The van der Waals surface area contributed by atoms with E-state index in [0.717, 1.165) is 0 Å². The minimum atomic E-state index is -1.72. The van der Waals surface area contributed by atoms with E-state index in [4.69, 9.17) is 25.1 Å². The molecule has 2 aliphatic rings. The Labute approximate surface area is 137 Å². The minimum absolute atomic E-state index is 0.578. The predicted octanol–water partition coefficient (Wildman–Crippen LogP) is -5.04. The maximum atomic E-state index is 9.96. The van der Waals surface area contributed by atoms with Crippen LogP contribution in [0, 0.1) is 0 Å². The van der Waals surface area contributed by atoms with Gasteiger partial charge in [0.05, 0.1) is 18.8 Å². The van der Waals surface area contributed by atoms with E-state index >= 15 is 0 Å². The molecule has 0 bridgehead atoms. The SMILES string of the molecule is CC(O[C@@H]1O[C@H](CO)[C@@H](O)[C@H](O)[C@H]1N)[C@H]1O[C@H](O)[C@H](O)[C@@H](O)[C@H]1O. The Balaban J connectivity index is 2.04. The fourth-order valence-corrected chi connectivity index (χ4v) is 2.79. The Hall–Kier alpha value is -0.440. The maximum Gasteiger partial charge on any atom is 0.184 e. The Bertz CT molecular complexity index is 412. The maximum absolute atomic E-state index is 9.96. The molecule has 11 atom stereocenters. The second-order valence-electron chi connectivity index (χ2n) is 6.09. The van der Waals surface area contributed by atoms with Crippen molar-refractivity contribution in [2.75, 3.05) is 6.61 Å². The number of rotatable bonds is 4. The van der Waals surface area contributed by atoms with Crippen molar-refractivity contribution in [3.8, 4) is 0 Å². The van der Waals surface area contributed by atoms with Gasteiger partial charge in [-0.2, -0.15) is 0 Å². The second kappa shape index (κ2) is 7.85. The molecule has 2 heterocycles. The third-order valence-electron chi connectivity index (χ3n) is 4.36. The summed E-state index contributed by atoms with van der Waals surface area (Å²) in [5.41, 5.74) is 5.74. The van der Waals surface area contributed by atoms with Crippen LogP contribution in [0.1, 0.15) is 6.92 Å². The lowest BCUT2D eigenvalue weighted by Crippen LogP contribution is -2.65. The van der Waals surface area contributed by atoms with Crippen LogP contribution in [-0.2, 0) is 14.2 Å². The molecule has 1 unspecified atom stereocenters. The smallest absolute Gasteiger partial charge is 0.184 e. The number of hydrogen-bond donors (Lipinski definition) is 8. The van der Waals surface area contributed by atoms with Gasteiger partial charge in [0.25, 0.3) is 0 Å². The van der Waals surface area contributed by atoms with Gasteiger partial charge in [0, 0.05) is 0 Å². The van der Waals surface area contributed by atoms with E-state index in [0.29, 0.717) is 0 Å². The summed E-state index contributed by atoms with van der Waals surface area (Å²) in [5.74, 6) is 0. The molecule has 142 valence electrons. The van der Waals surface area contributed by atoms with Gasteiger partial charge in [-0.3, -0.25) is 0 Å². The van der Waals surface area contributed by atoms with Crippen LogP contribution in [0.4, 0.5) is 0 Å². The third-order valence-corrected chi connectivity index (χ3v) is 4.36. The number of hydrogen-bond acceptors (Lipinski definition) is 11. The Kier molecular flexibility index (Phi) is 6.50. The molecular formula is C13H25NO10. The van der Waals surface area contributed by atoms with Crippen LogP contribution in [-0.4, -0.2) is 110 Å². The molecule has 2 fully saturated rings. The summed E-state index contributed by atoms with van der Waals surface area (Å²) in [6.45, 7) is 0.859. The van der Waals surface area contributed by atoms with Crippen molar-refractivity contribution in [2.24, 2.45) is 5.73 Å². The molecule has 0 radical (unpaired) electrons. The summed E-state index contributed by atoms with van der Waals surface area (Å²) >= 11 is 0.